The van der Waals surface area contributed by atoms with Gasteiger partial charge in [0, 0.05) is 18.8 Å². The van der Waals surface area contributed by atoms with Crippen LogP contribution in [0.15, 0.2) is 35.4 Å². The molecule has 0 spiro atoms. The van der Waals surface area contributed by atoms with Crippen molar-refractivity contribution in [1.29, 1.82) is 0 Å². The molecule has 1 aromatic carbocycles. The SMILES string of the molecule is COc1nccc(OC2CCCN(S(=O)(=O)c3c(F)cccc3F)C2)n1. The molecular formula is C16H17F2N3O4S. The molecule has 0 radical (unpaired) electrons. The Hall–Kier alpha value is -2.33. The molecule has 1 atom stereocenters. The van der Waals surface area contributed by atoms with E-state index in [1.165, 1.54) is 19.4 Å². The Bertz CT molecular complexity index is 875. The van der Waals surface area contributed by atoms with Crippen LogP contribution in [0.1, 0.15) is 12.8 Å². The summed E-state index contributed by atoms with van der Waals surface area (Å²) in [5, 5.41) is 0. The minimum absolute atomic E-state index is 0.0393. The summed E-state index contributed by atoms with van der Waals surface area (Å²) in [6.45, 7) is 0.117. The van der Waals surface area contributed by atoms with E-state index in [4.69, 9.17) is 9.47 Å². The molecule has 0 aliphatic carbocycles. The van der Waals surface area contributed by atoms with Crippen LogP contribution < -0.4 is 9.47 Å². The predicted molar refractivity (Wildman–Crippen MR) is 87.4 cm³/mol. The Labute approximate surface area is 149 Å². The molecule has 1 unspecified atom stereocenters. The van der Waals surface area contributed by atoms with Crippen LogP contribution in [0.3, 0.4) is 0 Å². The Morgan fingerprint density at radius 3 is 2.65 bits per heavy atom. The van der Waals surface area contributed by atoms with Crippen LogP contribution in [0.2, 0.25) is 0 Å². The van der Waals surface area contributed by atoms with Crippen molar-refractivity contribution in [3.8, 4) is 11.9 Å². The summed E-state index contributed by atoms with van der Waals surface area (Å²) in [5.74, 6) is -2.00. The van der Waals surface area contributed by atoms with Gasteiger partial charge in [0.15, 0.2) is 4.90 Å². The van der Waals surface area contributed by atoms with E-state index < -0.39 is 32.7 Å². The Balaban J connectivity index is 1.79. The van der Waals surface area contributed by atoms with Crippen molar-refractivity contribution in [1.82, 2.24) is 14.3 Å². The van der Waals surface area contributed by atoms with Gasteiger partial charge in [-0.1, -0.05) is 6.07 Å². The minimum atomic E-state index is -4.32. The monoisotopic (exact) mass is 385 g/mol. The average molecular weight is 385 g/mol. The molecule has 1 aliphatic rings. The summed E-state index contributed by atoms with van der Waals surface area (Å²) in [6, 6.07) is 4.60. The van der Waals surface area contributed by atoms with Crippen LogP contribution in [0.25, 0.3) is 0 Å². The second-order valence-electron chi connectivity index (χ2n) is 5.68. The molecule has 0 bridgehead atoms. The van der Waals surface area contributed by atoms with Gasteiger partial charge in [0.05, 0.1) is 13.7 Å². The van der Waals surface area contributed by atoms with E-state index in [0.717, 1.165) is 22.5 Å². The van der Waals surface area contributed by atoms with Gasteiger partial charge in [0.1, 0.15) is 17.7 Å². The molecule has 0 saturated carbocycles. The fourth-order valence-electron chi connectivity index (χ4n) is 2.74. The zero-order valence-corrected chi connectivity index (χ0v) is 14.7. The first-order chi connectivity index (χ1) is 12.4. The van der Waals surface area contributed by atoms with E-state index in [1.54, 1.807) is 0 Å². The normalized spacial score (nSPS) is 18.5. The Morgan fingerprint density at radius 1 is 1.23 bits per heavy atom. The topological polar surface area (TPSA) is 81.6 Å². The predicted octanol–water partition coefficient (Wildman–Crippen LogP) is 2.00. The molecule has 3 rings (SSSR count). The zero-order chi connectivity index (χ0) is 18.7. The molecule has 10 heteroatoms. The molecule has 7 nitrogen and oxygen atoms in total. The van der Waals surface area contributed by atoms with Crippen molar-refractivity contribution in [3.63, 3.8) is 0 Å². The number of sulfonamides is 1. The molecule has 1 aliphatic heterocycles. The highest BCUT2D eigenvalue weighted by molar-refractivity contribution is 7.89. The van der Waals surface area contributed by atoms with Crippen LogP contribution in [-0.4, -0.2) is 49.0 Å². The molecule has 26 heavy (non-hydrogen) atoms. The number of hydrogen-bond acceptors (Lipinski definition) is 6. The summed E-state index contributed by atoms with van der Waals surface area (Å²) < 4.78 is 64.8. The second-order valence-corrected chi connectivity index (χ2v) is 7.55. The van der Waals surface area contributed by atoms with Crippen molar-refractivity contribution in [2.45, 2.75) is 23.8 Å². The van der Waals surface area contributed by atoms with Gasteiger partial charge in [-0.25, -0.2) is 22.2 Å². The van der Waals surface area contributed by atoms with Crippen molar-refractivity contribution >= 4 is 10.0 Å². The second kappa shape index (κ2) is 7.50. The minimum Gasteiger partial charge on any atom is -0.473 e. The van der Waals surface area contributed by atoms with Crippen LogP contribution in [0.4, 0.5) is 8.78 Å². The molecule has 0 N–H and O–H groups in total. The van der Waals surface area contributed by atoms with Crippen LogP contribution >= 0.6 is 0 Å². The first-order valence-corrected chi connectivity index (χ1v) is 9.33. The summed E-state index contributed by atoms with van der Waals surface area (Å²) in [5.41, 5.74) is 0. The summed E-state index contributed by atoms with van der Waals surface area (Å²) >= 11 is 0. The standard InChI is InChI=1S/C16H17F2N3O4S/c1-24-16-19-8-7-14(20-16)25-11-4-3-9-21(10-11)26(22,23)15-12(17)5-2-6-13(15)18/h2,5-8,11H,3-4,9-10H2,1H3. The zero-order valence-electron chi connectivity index (χ0n) is 13.9. The summed E-state index contributed by atoms with van der Waals surface area (Å²) in [7, 11) is -2.90. The maximum Gasteiger partial charge on any atom is 0.319 e. The number of rotatable bonds is 5. The number of methoxy groups -OCH3 is 1. The third-order valence-corrected chi connectivity index (χ3v) is 5.85. The highest BCUT2D eigenvalue weighted by Gasteiger charge is 2.35. The fraction of sp³-hybridized carbons (Fsp3) is 0.375. The first-order valence-electron chi connectivity index (χ1n) is 7.89. The highest BCUT2D eigenvalue weighted by atomic mass is 32.2. The van der Waals surface area contributed by atoms with E-state index >= 15 is 0 Å². The van der Waals surface area contributed by atoms with E-state index in [9.17, 15) is 17.2 Å². The van der Waals surface area contributed by atoms with E-state index in [0.29, 0.717) is 12.8 Å². The molecule has 140 valence electrons. The Morgan fingerprint density at radius 2 is 1.96 bits per heavy atom. The highest BCUT2D eigenvalue weighted by Crippen LogP contribution is 2.26. The van der Waals surface area contributed by atoms with E-state index in [-0.39, 0.29) is 25.0 Å². The number of ether oxygens (including phenoxy) is 2. The lowest BCUT2D eigenvalue weighted by Gasteiger charge is -2.31. The van der Waals surface area contributed by atoms with E-state index in [1.807, 2.05) is 0 Å². The lowest BCUT2D eigenvalue weighted by Crippen LogP contribution is -2.44. The largest absolute Gasteiger partial charge is 0.473 e. The third kappa shape index (κ3) is 3.75. The van der Waals surface area contributed by atoms with E-state index in [2.05, 4.69) is 9.97 Å². The lowest BCUT2D eigenvalue weighted by atomic mass is 10.1. The smallest absolute Gasteiger partial charge is 0.319 e. The number of aromatic nitrogens is 2. The van der Waals surface area contributed by atoms with Crippen LogP contribution in [0.5, 0.6) is 11.9 Å². The van der Waals surface area contributed by atoms with Gasteiger partial charge in [-0.3, -0.25) is 0 Å². The Kier molecular flexibility index (Phi) is 5.33. The molecule has 1 aromatic heterocycles. The van der Waals surface area contributed by atoms with Crippen molar-refractivity contribution in [2.24, 2.45) is 0 Å². The number of benzene rings is 1. The summed E-state index contributed by atoms with van der Waals surface area (Å²) in [4.78, 5) is 6.94. The van der Waals surface area contributed by atoms with Gasteiger partial charge < -0.3 is 9.47 Å². The quantitative estimate of drug-likeness (QED) is 0.783. The molecule has 0 amide bonds. The average Bonchev–Trinajstić information content (AvgIpc) is 2.62. The number of halogens is 2. The first kappa shape index (κ1) is 18.5. The third-order valence-electron chi connectivity index (χ3n) is 3.94. The van der Waals surface area contributed by atoms with Crippen molar-refractivity contribution in [2.75, 3.05) is 20.2 Å². The number of nitrogens with zero attached hydrogens (tertiary/aromatic N) is 3. The fourth-order valence-corrected chi connectivity index (χ4v) is 4.36. The van der Waals surface area contributed by atoms with Gasteiger partial charge in [0.25, 0.3) is 0 Å². The molecular weight excluding hydrogens is 368 g/mol. The molecule has 2 aromatic rings. The van der Waals surface area contributed by atoms with Crippen molar-refractivity contribution in [3.05, 3.63) is 42.1 Å². The molecule has 1 saturated heterocycles. The molecule has 1 fully saturated rings. The van der Waals surface area contributed by atoms with Gasteiger partial charge in [-0.05, 0) is 25.0 Å². The number of piperidine rings is 1. The maximum atomic E-state index is 13.9. The van der Waals surface area contributed by atoms with Crippen LogP contribution in [0, 0.1) is 11.6 Å². The summed E-state index contributed by atoms with van der Waals surface area (Å²) in [6.07, 6.45) is 2.01. The van der Waals surface area contributed by atoms with Crippen molar-refractivity contribution < 1.29 is 26.7 Å². The van der Waals surface area contributed by atoms with Gasteiger partial charge in [0.2, 0.25) is 15.9 Å². The number of hydrogen-bond donors (Lipinski definition) is 0. The lowest BCUT2D eigenvalue weighted by molar-refractivity contribution is 0.123. The van der Waals surface area contributed by atoms with Crippen LogP contribution in [-0.2, 0) is 10.0 Å². The molecule has 2 heterocycles. The maximum absolute atomic E-state index is 13.9. The van der Waals surface area contributed by atoms with Gasteiger partial charge >= 0.3 is 6.01 Å². The van der Waals surface area contributed by atoms with Gasteiger partial charge in [-0.2, -0.15) is 9.29 Å². The van der Waals surface area contributed by atoms with Gasteiger partial charge in [-0.15, -0.1) is 0 Å².